The minimum absolute atomic E-state index is 0.214. The maximum Gasteiger partial charge on any atom is 0.257 e. The molecular formula is C25H31N7O3. The molecule has 4 aromatic rings. The van der Waals surface area contributed by atoms with Gasteiger partial charge in [-0.05, 0) is 43.7 Å². The molecule has 0 spiro atoms. The molecule has 1 amide bonds. The van der Waals surface area contributed by atoms with Crippen LogP contribution in [0.3, 0.4) is 0 Å². The van der Waals surface area contributed by atoms with Gasteiger partial charge >= 0.3 is 0 Å². The molecule has 0 aromatic carbocycles. The largest absolute Gasteiger partial charge is 0.391 e. The van der Waals surface area contributed by atoms with E-state index in [1.165, 1.54) is 25.5 Å². The third-order valence-corrected chi connectivity index (χ3v) is 6.88. The lowest BCUT2D eigenvalue weighted by Gasteiger charge is -2.32. The summed E-state index contributed by atoms with van der Waals surface area (Å²) in [6.45, 7) is 0.986. The van der Waals surface area contributed by atoms with E-state index in [1.807, 2.05) is 24.4 Å². The van der Waals surface area contributed by atoms with E-state index in [0.29, 0.717) is 29.1 Å². The molecule has 2 fully saturated rings. The summed E-state index contributed by atoms with van der Waals surface area (Å²) in [6.07, 6.45) is 10.3. The Labute approximate surface area is 203 Å². The van der Waals surface area contributed by atoms with Crippen LogP contribution in [0.5, 0.6) is 0 Å². The molecular weight excluding hydrogens is 446 g/mol. The van der Waals surface area contributed by atoms with E-state index in [1.54, 1.807) is 24.9 Å². The molecule has 0 unspecified atom stereocenters. The van der Waals surface area contributed by atoms with Crippen molar-refractivity contribution in [3.8, 4) is 11.3 Å². The van der Waals surface area contributed by atoms with Crippen LogP contribution in [0.15, 0.2) is 36.8 Å². The number of nitrogens with zero attached hydrogens (tertiary/aromatic N) is 4. The average molecular weight is 478 g/mol. The summed E-state index contributed by atoms with van der Waals surface area (Å²) in [5.41, 5.74) is 3.19. The number of amides is 1. The molecule has 2 atom stereocenters. The number of hydrogen-bond acceptors (Lipinski definition) is 7. The van der Waals surface area contributed by atoms with Crippen LogP contribution in [0.2, 0.25) is 0 Å². The number of aliphatic hydroxyl groups is 1. The second-order valence-electron chi connectivity index (χ2n) is 9.15. The number of aromatic nitrogens is 5. The number of hydrogen-bond donors (Lipinski definition) is 4. The van der Waals surface area contributed by atoms with Gasteiger partial charge in [0.1, 0.15) is 17.0 Å². The average Bonchev–Trinajstić information content (AvgIpc) is 3.48. The van der Waals surface area contributed by atoms with E-state index in [2.05, 4.69) is 25.7 Å². The van der Waals surface area contributed by atoms with E-state index in [4.69, 9.17) is 9.72 Å². The van der Waals surface area contributed by atoms with E-state index >= 15 is 0 Å². The van der Waals surface area contributed by atoms with Gasteiger partial charge in [0.2, 0.25) is 0 Å². The number of fused-ring (bicyclic) bond motifs is 2. The molecule has 0 radical (unpaired) electrons. The first-order chi connectivity index (χ1) is 17.1. The monoisotopic (exact) mass is 477 g/mol. The second-order valence-corrected chi connectivity index (χ2v) is 9.15. The van der Waals surface area contributed by atoms with Crippen LogP contribution in [0.25, 0.3) is 27.9 Å². The lowest BCUT2D eigenvalue weighted by atomic mass is 9.86. The summed E-state index contributed by atoms with van der Waals surface area (Å²) in [6, 6.07) is 5.52. The van der Waals surface area contributed by atoms with Crippen molar-refractivity contribution in [3.05, 3.63) is 42.4 Å². The van der Waals surface area contributed by atoms with Crippen LogP contribution in [0, 0.1) is 5.92 Å². The fraction of sp³-hybridized carbons (Fsp3) is 0.440. The molecule has 0 aliphatic heterocycles. The molecule has 10 heteroatoms. The maximum absolute atomic E-state index is 12.7. The van der Waals surface area contributed by atoms with Gasteiger partial charge in [0.15, 0.2) is 5.65 Å². The predicted octanol–water partition coefficient (Wildman–Crippen LogP) is 3.00. The molecule has 4 N–H and O–H groups in total. The standard InChI is InChI=1S/C19H19N7O2.C6H12O/c1-20-16-7-14(11-8-22-17-10(11)3-2-6-21-17)24-18-12(9-23-26(16)18)19(28)25-13-4-5-15(13)27;1-7-5-6-3-2-4-6/h2-3,6-9,13,15,20,27H,4-5H2,1H3,(H,21,22)(H,25,28);6H,2-5H2,1H3/t13-,15+;/m0./s1. The van der Waals surface area contributed by atoms with Gasteiger partial charge in [-0.15, -0.1) is 0 Å². The Kier molecular flexibility index (Phi) is 6.65. The van der Waals surface area contributed by atoms with Crippen molar-refractivity contribution in [1.82, 2.24) is 29.9 Å². The van der Waals surface area contributed by atoms with Crippen molar-refractivity contribution in [3.63, 3.8) is 0 Å². The van der Waals surface area contributed by atoms with E-state index in [0.717, 1.165) is 35.5 Å². The lowest BCUT2D eigenvalue weighted by Crippen LogP contribution is -2.50. The zero-order valence-electron chi connectivity index (χ0n) is 20.0. The van der Waals surface area contributed by atoms with Gasteiger partial charge < -0.3 is 25.5 Å². The number of anilines is 1. The van der Waals surface area contributed by atoms with Crippen LogP contribution in [0.4, 0.5) is 5.82 Å². The molecule has 4 heterocycles. The molecule has 6 rings (SSSR count). The molecule has 2 saturated carbocycles. The van der Waals surface area contributed by atoms with Gasteiger partial charge in [0.25, 0.3) is 5.91 Å². The molecule has 35 heavy (non-hydrogen) atoms. The maximum atomic E-state index is 12.7. The number of nitrogens with one attached hydrogen (secondary N) is 3. The summed E-state index contributed by atoms with van der Waals surface area (Å²) >= 11 is 0. The Balaban J connectivity index is 0.000000313. The topological polar surface area (TPSA) is 129 Å². The Morgan fingerprint density at radius 1 is 1.31 bits per heavy atom. The van der Waals surface area contributed by atoms with Crippen molar-refractivity contribution in [2.24, 2.45) is 5.92 Å². The number of carbonyl (C=O) groups excluding carboxylic acids is 1. The fourth-order valence-electron chi connectivity index (χ4n) is 4.40. The molecule has 2 aliphatic carbocycles. The van der Waals surface area contributed by atoms with Gasteiger partial charge in [-0.25, -0.2) is 9.97 Å². The van der Waals surface area contributed by atoms with E-state index in [9.17, 15) is 9.90 Å². The second kappa shape index (κ2) is 10.0. The van der Waals surface area contributed by atoms with Crippen LogP contribution in [0.1, 0.15) is 42.5 Å². The molecule has 10 nitrogen and oxygen atoms in total. The first kappa shape index (κ1) is 23.3. The van der Waals surface area contributed by atoms with Gasteiger partial charge in [0.05, 0.1) is 24.0 Å². The Morgan fingerprint density at radius 2 is 2.17 bits per heavy atom. The Hall–Kier alpha value is -3.50. The quantitative estimate of drug-likeness (QED) is 0.336. The van der Waals surface area contributed by atoms with Gasteiger partial charge in [-0.1, -0.05) is 6.42 Å². The SMILES string of the molecule is CNc1cc(-c2c[nH]c3ncccc23)nc2c(C(=O)N[C@H]3CC[C@H]3O)cnn12.COCC1CCC1. The number of H-pyrrole nitrogens is 1. The van der Waals surface area contributed by atoms with Crippen LogP contribution < -0.4 is 10.6 Å². The molecule has 184 valence electrons. The predicted molar refractivity (Wildman–Crippen MR) is 133 cm³/mol. The summed E-state index contributed by atoms with van der Waals surface area (Å²) < 4.78 is 6.55. The minimum Gasteiger partial charge on any atom is -0.391 e. The van der Waals surface area contributed by atoms with E-state index in [-0.39, 0.29) is 11.9 Å². The van der Waals surface area contributed by atoms with Crippen molar-refractivity contribution >= 4 is 28.4 Å². The minimum atomic E-state index is -0.485. The molecule has 2 aliphatic rings. The van der Waals surface area contributed by atoms with E-state index < -0.39 is 6.10 Å². The first-order valence-corrected chi connectivity index (χ1v) is 12.1. The van der Waals surface area contributed by atoms with Crippen LogP contribution in [-0.4, -0.2) is 68.5 Å². The third kappa shape index (κ3) is 4.59. The number of carbonyl (C=O) groups is 1. The molecule has 0 saturated heterocycles. The number of aromatic amines is 1. The number of methoxy groups -OCH3 is 1. The summed E-state index contributed by atoms with van der Waals surface area (Å²) in [5, 5.41) is 21.0. The normalized spacial score (nSPS) is 19.5. The van der Waals surface area contributed by atoms with Crippen molar-refractivity contribution < 1.29 is 14.6 Å². The zero-order chi connectivity index (χ0) is 24.4. The van der Waals surface area contributed by atoms with Crippen molar-refractivity contribution in [1.29, 1.82) is 0 Å². The smallest absolute Gasteiger partial charge is 0.257 e. The number of rotatable bonds is 6. The highest BCUT2D eigenvalue weighted by atomic mass is 16.5. The Morgan fingerprint density at radius 3 is 2.80 bits per heavy atom. The van der Waals surface area contributed by atoms with Gasteiger partial charge in [0, 0.05) is 50.2 Å². The number of pyridine rings is 1. The Bertz CT molecular complexity index is 1330. The third-order valence-electron chi connectivity index (χ3n) is 6.88. The summed E-state index contributed by atoms with van der Waals surface area (Å²) in [4.78, 5) is 24.9. The van der Waals surface area contributed by atoms with Gasteiger partial charge in [-0.2, -0.15) is 9.61 Å². The van der Waals surface area contributed by atoms with Gasteiger partial charge in [-0.3, -0.25) is 4.79 Å². The highest BCUT2D eigenvalue weighted by Gasteiger charge is 2.31. The van der Waals surface area contributed by atoms with Crippen LogP contribution in [-0.2, 0) is 4.74 Å². The molecule has 0 bridgehead atoms. The number of aliphatic hydroxyl groups excluding tert-OH is 1. The lowest BCUT2D eigenvalue weighted by molar-refractivity contribution is 0.0448. The highest BCUT2D eigenvalue weighted by Crippen LogP contribution is 2.29. The summed E-state index contributed by atoms with van der Waals surface area (Å²) in [7, 11) is 3.57. The number of ether oxygens (including phenoxy) is 1. The highest BCUT2D eigenvalue weighted by molar-refractivity contribution is 6.01. The molecule has 4 aromatic heterocycles. The van der Waals surface area contributed by atoms with Crippen molar-refractivity contribution in [2.75, 3.05) is 26.1 Å². The van der Waals surface area contributed by atoms with Crippen molar-refractivity contribution in [2.45, 2.75) is 44.2 Å². The first-order valence-electron chi connectivity index (χ1n) is 12.1. The van der Waals surface area contributed by atoms with Crippen LogP contribution >= 0.6 is 0 Å². The zero-order valence-corrected chi connectivity index (χ0v) is 20.0. The fourth-order valence-corrected chi connectivity index (χ4v) is 4.40. The summed E-state index contributed by atoms with van der Waals surface area (Å²) in [5.74, 6) is 1.33.